The van der Waals surface area contributed by atoms with Crippen LogP contribution in [0.5, 0.6) is 0 Å². The number of aliphatic hydroxyl groups excluding tert-OH is 1. The van der Waals surface area contributed by atoms with Gasteiger partial charge in [-0.3, -0.25) is 4.90 Å². The van der Waals surface area contributed by atoms with Gasteiger partial charge in [-0.1, -0.05) is 6.92 Å². The molecule has 0 saturated carbocycles. The highest BCUT2D eigenvalue weighted by atomic mass is 16.3. The minimum absolute atomic E-state index is 0.294. The highest BCUT2D eigenvalue weighted by Crippen LogP contribution is 2.36. The zero-order chi connectivity index (χ0) is 14.1. The van der Waals surface area contributed by atoms with E-state index in [2.05, 4.69) is 21.8 Å². The maximum atomic E-state index is 9.53. The molecule has 20 heavy (non-hydrogen) atoms. The van der Waals surface area contributed by atoms with Gasteiger partial charge in [0.25, 0.3) is 0 Å². The van der Waals surface area contributed by atoms with Crippen molar-refractivity contribution < 1.29 is 5.11 Å². The molecule has 3 rings (SSSR count). The summed E-state index contributed by atoms with van der Waals surface area (Å²) in [4.78, 5) is 11.1. The molecule has 1 aliphatic heterocycles. The predicted octanol–water partition coefficient (Wildman–Crippen LogP) is 0.866. The van der Waals surface area contributed by atoms with E-state index in [0.717, 1.165) is 44.5 Å². The van der Waals surface area contributed by atoms with Crippen molar-refractivity contribution in [2.45, 2.75) is 38.6 Å². The number of rotatable bonds is 3. The Morgan fingerprint density at radius 3 is 3.05 bits per heavy atom. The van der Waals surface area contributed by atoms with Crippen LogP contribution in [0.15, 0.2) is 6.20 Å². The van der Waals surface area contributed by atoms with Crippen molar-refractivity contribution in [3.05, 3.63) is 17.5 Å². The molecule has 5 heteroatoms. The lowest BCUT2D eigenvalue weighted by Crippen LogP contribution is -2.53. The van der Waals surface area contributed by atoms with Gasteiger partial charge in [-0.05, 0) is 49.6 Å². The van der Waals surface area contributed by atoms with E-state index in [0.29, 0.717) is 30.4 Å². The number of hydrogen-bond donors (Lipinski definition) is 2. The Balaban J connectivity index is 1.85. The molecule has 0 radical (unpaired) electrons. The summed E-state index contributed by atoms with van der Waals surface area (Å²) in [5.74, 6) is 1.37. The Hall–Kier alpha value is -1.20. The Kier molecular flexibility index (Phi) is 3.89. The molecular formula is C15H24N4O. The molecule has 0 bridgehead atoms. The summed E-state index contributed by atoms with van der Waals surface area (Å²) in [7, 11) is 0. The molecule has 3 N–H and O–H groups in total. The summed E-state index contributed by atoms with van der Waals surface area (Å²) in [6.07, 6.45) is 6.16. The van der Waals surface area contributed by atoms with Crippen LogP contribution in [0.4, 0.5) is 5.95 Å². The molecule has 1 aromatic heterocycles. The van der Waals surface area contributed by atoms with Crippen molar-refractivity contribution in [2.75, 3.05) is 25.4 Å². The number of nitrogens with two attached hydrogens (primary N) is 1. The second kappa shape index (κ2) is 5.66. The third kappa shape index (κ3) is 2.52. The summed E-state index contributed by atoms with van der Waals surface area (Å²) in [6.45, 7) is 4.65. The number of piperidine rings is 1. The summed E-state index contributed by atoms with van der Waals surface area (Å²) >= 11 is 0. The molecule has 110 valence electrons. The Bertz CT molecular complexity index is 479. The number of nitrogens with zero attached hydrogens (tertiary/aromatic N) is 3. The van der Waals surface area contributed by atoms with Crippen molar-refractivity contribution in [3.63, 3.8) is 0 Å². The predicted molar refractivity (Wildman–Crippen MR) is 78.2 cm³/mol. The van der Waals surface area contributed by atoms with E-state index < -0.39 is 0 Å². The van der Waals surface area contributed by atoms with E-state index in [9.17, 15) is 5.11 Å². The third-order valence-corrected chi connectivity index (χ3v) is 4.77. The van der Waals surface area contributed by atoms with Crippen LogP contribution in [0.25, 0.3) is 0 Å². The van der Waals surface area contributed by atoms with Crippen LogP contribution in [0, 0.1) is 11.8 Å². The first-order valence-electron chi connectivity index (χ1n) is 7.66. The van der Waals surface area contributed by atoms with E-state index in [-0.39, 0.29) is 0 Å². The average Bonchev–Trinajstić information content (AvgIpc) is 2.45. The fourth-order valence-corrected chi connectivity index (χ4v) is 3.90. The van der Waals surface area contributed by atoms with Gasteiger partial charge in [0.05, 0.1) is 0 Å². The largest absolute Gasteiger partial charge is 0.396 e. The average molecular weight is 276 g/mol. The first kappa shape index (κ1) is 13.8. The van der Waals surface area contributed by atoms with E-state index >= 15 is 0 Å². The molecule has 0 aromatic carbocycles. The van der Waals surface area contributed by atoms with Crippen molar-refractivity contribution in [1.29, 1.82) is 0 Å². The number of anilines is 1. The third-order valence-electron chi connectivity index (χ3n) is 4.77. The SMILES string of the molecule is CCCN1C[C@@H](CO)C[C@@H]2Cc3nc(N)ncc3C[C@H]21. The van der Waals surface area contributed by atoms with Crippen LogP contribution in [0.2, 0.25) is 0 Å². The standard InChI is InChI=1S/C15H24N4O/c1-2-3-19-8-10(9-20)4-11-5-13-12(6-14(11)19)7-17-15(16)18-13/h7,10-11,14,20H,2-6,8-9H2,1H3,(H2,16,17,18)/t10-,11+,14+/m0/s1. The van der Waals surface area contributed by atoms with Crippen molar-refractivity contribution in [2.24, 2.45) is 11.8 Å². The fourth-order valence-electron chi connectivity index (χ4n) is 3.90. The molecule has 1 aliphatic carbocycles. The number of nitrogen functional groups attached to an aromatic ring is 1. The second-order valence-electron chi connectivity index (χ2n) is 6.22. The molecule has 0 amide bonds. The van der Waals surface area contributed by atoms with E-state index in [1.54, 1.807) is 0 Å². The van der Waals surface area contributed by atoms with Crippen LogP contribution in [-0.2, 0) is 12.8 Å². The van der Waals surface area contributed by atoms with Gasteiger partial charge < -0.3 is 10.8 Å². The molecular weight excluding hydrogens is 252 g/mol. The van der Waals surface area contributed by atoms with Gasteiger partial charge in [-0.25, -0.2) is 9.97 Å². The van der Waals surface area contributed by atoms with Gasteiger partial charge in [-0.2, -0.15) is 0 Å². The molecule has 1 saturated heterocycles. The van der Waals surface area contributed by atoms with Crippen molar-refractivity contribution in [3.8, 4) is 0 Å². The monoisotopic (exact) mass is 276 g/mol. The van der Waals surface area contributed by atoms with Crippen LogP contribution >= 0.6 is 0 Å². The van der Waals surface area contributed by atoms with Gasteiger partial charge in [0.15, 0.2) is 0 Å². The topological polar surface area (TPSA) is 75.3 Å². The number of aliphatic hydroxyl groups is 1. The Morgan fingerprint density at radius 1 is 1.45 bits per heavy atom. The van der Waals surface area contributed by atoms with Gasteiger partial charge in [0, 0.05) is 31.1 Å². The number of hydrogen-bond acceptors (Lipinski definition) is 5. The van der Waals surface area contributed by atoms with E-state index in [1.165, 1.54) is 5.56 Å². The molecule has 0 unspecified atom stereocenters. The maximum absolute atomic E-state index is 9.53. The molecule has 1 fully saturated rings. The van der Waals surface area contributed by atoms with Gasteiger partial charge in [0.2, 0.25) is 5.95 Å². The minimum Gasteiger partial charge on any atom is -0.396 e. The van der Waals surface area contributed by atoms with Crippen LogP contribution in [0.1, 0.15) is 31.0 Å². The first-order valence-corrected chi connectivity index (χ1v) is 7.66. The lowest BCUT2D eigenvalue weighted by Gasteiger charge is -2.47. The number of fused-ring (bicyclic) bond motifs is 2. The lowest BCUT2D eigenvalue weighted by molar-refractivity contribution is 0.0267. The van der Waals surface area contributed by atoms with Gasteiger partial charge >= 0.3 is 0 Å². The van der Waals surface area contributed by atoms with Crippen LogP contribution in [0.3, 0.4) is 0 Å². The van der Waals surface area contributed by atoms with E-state index in [4.69, 9.17) is 5.73 Å². The molecule has 3 atom stereocenters. The smallest absolute Gasteiger partial charge is 0.220 e. The summed E-state index contributed by atoms with van der Waals surface area (Å²) in [6, 6.07) is 0.581. The quantitative estimate of drug-likeness (QED) is 0.856. The van der Waals surface area contributed by atoms with Gasteiger partial charge in [0.1, 0.15) is 0 Å². The molecule has 2 heterocycles. The highest BCUT2D eigenvalue weighted by Gasteiger charge is 2.39. The number of aromatic nitrogens is 2. The Labute approximate surface area is 120 Å². The van der Waals surface area contributed by atoms with Crippen molar-refractivity contribution >= 4 is 5.95 Å². The van der Waals surface area contributed by atoms with E-state index in [1.807, 2.05) is 6.20 Å². The molecule has 0 spiro atoms. The zero-order valence-corrected chi connectivity index (χ0v) is 12.1. The highest BCUT2D eigenvalue weighted by molar-refractivity contribution is 5.29. The molecule has 1 aromatic rings. The lowest BCUT2D eigenvalue weighted by atomic mass is 9.74. The van der Waals surface area contributed by atoms with Crippen LogP contribution in [-0.4, -0.2) is 45.7 Å². The summed E-state index contributed by atoms with van der Waals surface area (Å²) in [5, 5.41) is 9.53. The van der Waals surface area contributed by atoms with Crippen LogP contribution < -0.4 is 5.73 Å². The summed E-state index contributed by atoms with van der Waals surface area (Å²) < 4.78 is 0. The minimum atomic E-state index is 0.294. The number of likely N-dealkylation sites (tertiary alicyclic amines) is 1. The second-order valence-corrected chi connectivity index (χ2v) is 6.22. The Morgan fingerprint density at radius 2 is 2.30 bits per heavy atom. The van der Waals surface area contributed by atoms with Gasteiger partial charge in [-0.15, -0.1) is 0 Å². The molecule has 5 nitrogen and oxygen atoms in total. The zero-order valence-electron chi connectivity index (χ0n) is 12.1. The first-order chi connectivity index (χ1) is 9.71. The van der Waals surface area contributed by atoms with Crippen molar-refractivity contribution in [1.82, 2.24) is 14.9 Å². The normalized spacial score (nSPS) is 29.8. The summed E-state index contributed by atoms with van der Waals surface area (Å²) in [5.41, 5.74) is 8.08. The molecule has 2 aliphatic rings. The maximum Gasteiger partial charge on any atom is 0.220 e. The fraction of sp³-hybridized carbons (Fsp3) is 0.733.